The van der Waals surface area contributed by atoms with Crippen molar-refractivity contribution in [3.63, 3.8) is 0 Å². The molecule has 0 bridgehead atoms. The summed E-state index contributed by atoms with van der Waals surface area (Å²) in [6.45, 7) is 18.1. The molecular formula is C32H43N. The molecule has 0 atom stereocenters. The summed E-state index contributed by atoms with van der Waals surface area (Å²) >= 11 is 0. The Morgan fingerprint density at radius 2 is 1.03 bits per heavy atom. The van der Waals surface area contributed by atoms with Crippen molar-refractivity contribution in [2.45, 2.75) is 68.7 Å². The van der Waals surface area contributed by atoms with Gasteiger partial charge in [-0.1, -0.05) is 128 Å². The highest BCUT2D eigenvalue weighted by Gasteiger charge is 2.13. The van der Waals surface area contributed by atoms with Crippen molar-refractivity contribution in [1.29, 1.82) is 0 Å². The average molecular weight is 442 g/mol. The molecule has 0 amide bonds. The largest absolute Gasteiger partial charge is 0.358 e. The van der Waals surface area contributed by atoms with Gasteiger partial charge in [0.25, 0.3) is 0 Å². The molecule has 5 rings (SSSR count). The minimum atomic E-state index is 1.02. The molecule has 1 aliphatic rings. The summed E-state index contributed by atoms with van der Waals surface area (Å²) in [5.74, 6) is 0. The number of rotatable bonds is 2. The zero-order chi connectivity index (χ0) is 24.8. The zero-order valence-electron chi connectivity index (χ0n) is 22.2. The van der Waals surface area contributed by atoms with E-state index in [1.165, 1.54) is 50.0 Å². The van der Waals surface area contributed by atoms with Gasteiger partial charge < -0.3 is 4.98 Å². The van der Waals surface area contributed by atoms with Crippen LogP contribution in [-0.2, 0) is 6.42 Å². The predicted octanol–water partition coefficient (Wildman–Crippen LogP) is 10.5. The Balaban J connectivity index is 0.000000619. The fourth-order valence-electron chi connectivity index (χ4n) is 3.70. The highest BCUT2D eigenvalue weighted by atomic mass is 14.7. The highest BCUT2D eigenvalue weighted by Crippen LogP contribution is 2.32. The third-order valence-corrected chi connectivity index (χ3v) is 5.13. The van der Waals surface area contributed by atoms with Crippen LogP contribution in [0.1, 0.15) is 72.2 Å². The summed E-state index contributed by atoms with van der Waals surface area (Å²) < 4.78 is 0. The van der Waals surface area contributed by atoms with E-state index in [2.05, 4.69) is 90.8 Å². The molecule has 0 radical (unpaired) electrons. The molecule has 176 valence electrons. The molecule has 1 N–H and O–H groups in total. The van der Waals surface area contributed by atoms with E-state index in [0.717, 1.165) is 6.42 Å². The van der Waals surface area contributed by atoms with Crippen molar-refractivity contribution >= 4 is 17.0 Å². The number of fused-ring (bicyclic) bond motifs is 3. The summed E-state index contributed by atoms with van der Waals surface area (Å²) in [5.41, 5.74) is 10.3. The molecule has 1 heterocycles. The van der Waals surface area contributed by atoms with Crippen LogP contribution in [0, 0.1) is 6.92 Å². The lowest BCUT2D eigenvalue weighted by molar-refractivity contribution is 1.19. The number of hydrogen-bond acceptors (Lipinski definition) is 0. The Labute approximate surface area is 202 Å². The molecule has 1 aliphatic carbocycles. The number of aromatic nitrogens is 1. The number of nitrogens with one attached hydrogen (secondary N) is 1. The molecule has 1 aromatic heterocycles. The van der Waals surface area contributed by atoms with Gasteiger partial charge in [-0.2, -0.15) is 0 Å². The molecule has 0 saturated carbocycles. The minimum Gasteiger partial charge on any atom is -0.358 e. The van der Waals surface area contributed by atoms with Crippen molar-refractivity contribution in [2.75, 3.05) is 0 Å². The van der Waals surface area contributed by atoms with Crippen LogP contribution in [0.4, 0.5) is 0 Å². The van der Waals surface area contributed by atoms with Gasteiger partial charge in [-0.25, -0.2) is 0 Å². The molecular weight excluding hydrogens is 398 g/mol. The number of aryl methyl sites for hydroxylation is 1. The molecule has 1 heteroatoms. The first-order valence-corrected chi connectivity index (χ1v) is 12.8. The van der Waals surface area contributed by atoms with E-state index < -0.39 is 0 Å². The summed E-state index contributed by atoms with van der Waals surface area (Å²) in [5, 5.41) is 1.32. The third-order valence-electron chi connectivity index (χ3n) is 5.13. The normalized spacial score (nSPS) is 10.3. The van der Waals surface area contributed by atoms with Crippen molar-refractivity contribution in [3.05, 3.63) is 89.6 Å². The second-order valence-electron chi connectivity index (χ2n) is 6.83. The molecule has 33 heavy (non-hydrogen) atoms. The SMILES string of the molecule is CC.CC.CC.CC.Cc1ccc(-c2ccc(-c3ccc4[nH]c5c(c4c3)C=CC5)cc2)cc1. The first kappa shape index (κ1) is 28.0. The van der Waals surface area contributed by atoms with Crippen LogP contribution in [0.25, 0.3) is 39.2 Å². The molecule has 1 nitrogen and oxygen atoms in total. The summed E-state index contributed by atoms with van der Waals surface area (Å²) in [6, 6.07) is 24.3. The van der Waals surface area contributed by atoms with E-state index in [0.29, 0.717) is 0 Å². The van der Waals surface area contributed by atoms with Crippen molar-refractivity contribution in [2.24, 2.45) is 0 Å². The van der Waals surface area contributed by atoms with Crippen LogP contribution in [0.2, 0.25) is 0 Å². The molecule has 0 unspecified atom stereocenters. The lowest BCUT2D eigenvalue weighted by atomic mass is 9.98. The summed E-state index contributed by atoms with van der Waals surface area (Å²) in [4.78, 5) is 3.53. The third kappa shape index (κ3) is 6.71. The van der Waals surface area contributed by atoms with E-state index in [1.807, 2.05) is 55.4 Å². The van der Waals surface area contributed by atoms with E-state index in [1.54, 1.807) is 0 Å². The molecule has 0 saturated heterocycles. The maximum Gasteiger partial charge on any atom is 0.0462 e. The highest BCUT2D eigenvalue weighted by molar-refractivity contribution is 5.95. The van der Waals surface area contributed by atoms with Crippen LogP contribution < -0.4 is 0 Å². The van der Waals surface area contributed by atoms with Gasteiger partial charge in [0, 0.05) is 28.6 Å². The van der Waals surface area contributed by atoms with Crippen LogP contribution in [0.15, 0.2) is 72.8 Å². The van der Waals surface area contributed by atoms with Crippen molar-refractivity contribution in [1.82, 2.24) is 4.98 Å². The predicted molar refractivity (Wildman–Crippen MR) is 152 cm³/mol. The monoisotopic (exact) mass is 441 g/mol. The molecule has 0 spiro atoms. The maximum atomic E-state index is 3.53. The van der Waals surface area contributed by atoms with Crippen LogP contribution >= 0.6 is 0 Å². The molecule has 0 fully saturated rings. The van der Waals surface area contributed by atoms with Gasteiger partial charge in [0.1, 0.15) is 0 Å². The summed E-state index contributed by atoms with van der Waals surface area (Å²) in [7, 11) is 0. The van der Waals surface area contributed by atoms with Gasteiger partial charge in [0.15, 0.2) is 0 Å². The number of aromatic amines is 1. The fourth-order valence-corrected chi connectivity index (χ4v) is 3.70. The van der Waals surface area contributed by atoms with Gasteiger partial charge in [-0.3, -0.25) is 0 Å². The second kappa shape index (κ2) is 14.9. The molecule has 3 aromatic carbocycles. The van der Waals surface area contributed by atoms with E-state index in [4.69, 9.17) is 0 Å². The fraction of sp³-hybridized carbons (Fsp3) is 0.312. The zero-order valence-corrected chi connectivity index (χ0v) is 22.2. The Morgan fingerprint density at radius 3 is 1.58 bits per heavy atom. The van der Waals surface area contributed by atoms with E-state index >= 15 is 0 Å². The van der Waals surface area contributed by atoms with E-state index in [-0.39, 0.29) is 0 Å². The van der Waals surface area contributed by atoms with Crippen LogP contribution in [0.5, 0.6) is 0 Å². The van der Waals surface area contributed by atoms with Gasteiger partial charge in [-0.15, -0.1) is 0 Å². The first-order chi connectivity index (χ1) is 16.3. The maximum absolute atomic E-state index is 3.53. The minimum absolute atomic E-state index is 1.02. The molecule has 0 aliphatic heterocycles. The lowest BCUT2D eigenvalue weighted by Crippen LogP contribution is -1.81. The van der Waals surface area contributed by atoms with Gasteiger partial charge >= 0.3 is 0 Å². The molecule has 4 aromatic rings. The van der Waals surface area contributed by atoms with Crippen molar-refractivity contribution < 1.29 is 0 Å². The number of allylic oxidation sites excluding steroid dienone is 1. The summed E-state index contributed by atoms with van der Waals surface area (Å²) in [6.07, 6.45) is 5.48. The smallest absolute Gasteiger partial charge is 0.0462 e. The van der Waals surface area contributed by atoms with E-state index in [9.17, 15) is 0 Å². The Bertz CT molecular complexity index is 1090. The Hall–Kier alpha value is -3.06. The van der Waals surface area contributed by atoms with Gasteiger partial charge in [-0.05, 0) is 41.3 Å². The Kier molecular flexibility index (Phi) is 12.6. The second-order valence-corrected chi connectivity index (χ2v) is 6.83. The lowest BCUT2D eigenvalue weighted by Gasteiger charge is -2.06. The standard InChI is InChI=1S/C24H19N.4C2H6/c1-16-5-7-17(8-6-16)18-9-11-19(12-10-18)20-13-14-24-22(15-20)21-3-2-4-23(21)25-24;4*1-2/h2-3,5-15,25H,4H2,1H3;4*1-2H3. The van der Waals surface area contributed by atoms with Crippen LogP contribution in [-0.4, -0.2) is 4.98 Å². The van der Waals surface area contributed by atoms with Gasteiger partial charge in [0.2, 0.25) is 0 Å². The van der Waals surface area contributed by atoms with Crippen molar-refractivity contribution in [3.8, 4) is 22.3 Å². The van der Waals surface area contributed by atoms with Crippen LogP contribution in [0.3, 0.4) is 0 Å². The number of hydrogen-bond donors (Lipinski definition) is 1. The first-order valence-electron chi connectivity index (χ1n) is 12.8. The van der Waals surface area contributed by atoms with Gasteiger partial charge in [0.05, 0.1) is 0 Å². The topological polar surface area (TPSA) is 15.8 Å². The number of benzene rings is 3. The average Bonchev–Trinajstić information content (AvgIpc) is 3.51. The quantitative estimate of drug-likeness (QED) is 0.318. The Morgan fingerprint density at radius 1 is 0.576 bits per heavy atom. The number of H-pyrrole nitrogens is 1.